The van der Waals surface area contributed by atoms with Crippen molar-refractivity contribution in [1.82, 2.24) is 5.32 Å². The van der Waals surface area contributed by atoms with Gasteiger partial charge in [0.15, 0.2) is 6.29 Å². The van der Waals surface area contributed by atoms with Gasteiger partial charge < -0.3 is 50.5 Å². The van der Waals surface area contributed by atoms with Crippen LogP contribution in [0.15, 0.2) is 36.5 Å². The molecule has 0 aromatic heterocycles. The highest BCUT2D eigenvalue weighted by Gasteiger charge is 2.44. The van der Waals surface area contributed by atoms with Crippen molar-refractivity contribution in [3.63, 3.8) is 0 Å². The minimum absolute atomic E-state index is 0.236. The molecule has 0 aliphatic carbocycles. The van der Waals surface area contributed by atoms with Crippen molar-refractivity contribution in [2.24, 2.45) is 0 Å². The van der Waals surface area contributed by atoms with Crippen molar-refractivity contribution in [3.8, 4) is 0 Å². The summed E-state index contributed by atoms with van der Waals surface area (Å²) in [6.07, 6.45) is 49.4. The van der Waals surface area contributed by atoms with Crippen LogP contribution < -0.4 is 5.32 Å². The molecule has 418 valence electrons. The third-order valence-electron chi connectivity index (χ3n) is 14.4. The zero-order valence-corrected chi connectivity index (χ0v) is 45.7. The average Bonchev–Trinajstić information content (AvgIpc) is 3.37. The van der Waals surface area contributed by atoms with E-state index in [4.69, 9.17) is 9.47 Å². The van der Waals surface area contributed by atoms with Gasteiger partial charge in [-0.05, 0) is 64.2 Å². The topological polar surface area (TPSA) is 189 Å². The smallest absolute Gasteiger partial charge is 0.249 e. The Hall–Kier alpha value is -1.67. The van der Waals surface area contributed by atoms with Crippen molar-refractivity contribution in [2.75, 3.05) is 13.2 Å². The van der Waals surface area contributed by atoms with E-state index >= 15 is 0 Å². The van der Waals surface area contributed by atoms with Crippen LogP contribution in [0.4, 0.5) is 0 Å². The van der Waals surface area contributed by atoms with Crippen LogP contribution in [-0.4, -0.2) is 110 Å². The standard InChI is InChI=1S/C60H113NO10/c1-3-5-7-9-11-13-15-17-19-20-21-22-23-24-25-26-27-28-29-30-31-32-33-34-36-37-39-41-43-45-47-52(63)55(65)51(50-70-60-58(68)57(67)56(66)54(49-62)71-60)61-59(69)53(64)48-46-44-42-40-38-35-18-16-14-12-10-8-6-4-2/h12,14,16,18,39,41,51-58,60,62-68H,3-11,13,15,17,19-38,40,42-50H2,1-2H3,(H,61,69)/b14-12-,18-16-,41-39+. The van der Waals surface area contributed by atoms with Crippen LogP contribution in [0, 0.1) is 0 Å². The molecular weight excluding hydrogens is 895 g/mol. The van der Waals surface area contributed by atoms with Crippen molar-refractivity contribution >= 4 is 5.91 Å². The molecule has 9 atom stereocenters. The summed E-state index contributed by atoms with van der Waals surface area (Å²) in [7, 11) is 0. The number of allylic oxidation sites excluding steroid dienone is 6. The Balaban J connectivity index is 2.25. The molecule has 0 spiro atoms. The number of hydrogen-bond acceptors (Lipinski definition) is 10. The first-order valence-corrected chi connectivity index (χ1v) is 29.9. The fraction of sp³-hybridized carbons (Fsp3) is 0.883. The third kappa shape index (κ3) is 37.7. The van der Waals surface area contributed by atoms with E-state index in [9.17, 15) is 40.5 Å². The van der Waals surface area contributed by atoms with E-state index in [0.29, 0.717) is 12.8 Å². The number of nitrogens with one attached hydrogen (secondary N) is 1. The average molecular weight is 1010 g/mol. The van der Waals surface area contributed by atoms with Crippen LogP contribution in [0.3, 0.4) is 0 Å². The summed E-state index contributed by atoms with van der Waals surface area (Å²) in [6.45, 7) is 3.42. The second-order valence-corrected chi connectivity index (χ2v) is 21.1. The SMILES string of the molecule is CCCCC/C=C\C=C/CCCCCCCC(O)C(=O)NC(COC1OC(CO)C(O)C(O)C1O)C(O)C(O)CCC/C=C/CCCCCCCCCCCCCCCCCCCCCCCCCCC. The van der Waals surface area contributed by atoms with Crippen LogP contribution in [0.1, 0.15) is 271 Å². The van der Waals surface area contributed by atoms with Crippen molar-refractivity contribution in [1.29, 1.82) is 0 Å². The molecule has 1 amide bonds. The lowest BCUT2D eigenvalue weighted by atomic mass is 9.98. The molecule has 8 N–H and O–H groups in total. The first kappa shape index (κ1) is 67.3. The van der Waals surface area contributed by atoms with E-state index in [1.165, 1.54) is 173 Å². The monoisotopic (exact) mass is 1010 g/mol. The highest BCUT2D eigenvalue weighted by molar-refractivity contribution is 5.80. The fourth-order valence-corrected chi connectivity index (χ4v) is 9.55. The number of hydrogen-bond donors (Lipinski definition) is 8. The Bertz CT molecular complexity index is 1250. The minimum Gasteiger partial charge on any atom is -0.394 e. The molecular formula is C60H113NO10. The Kier molecular flexibility index (Phi) is 46.7. The third-order valence-corrected chi connectivity index (χ3v) is 14.4. The summed E-state index contributed by atoms with van der Waals surface area (Å²) < 4.78 is 11.1. The second-order valence-electron chi connectivity index (χ2n) is 21.1. The molecule has 0 saturated carbocycles. The number of rotatable bonds is 51. The molecule has 1 saturated heterocycles. The maximum absolute atomic E-state index is 13.1. The number of aliphatic hydroxyl groups excluding tert-OH is 7. The molecule has 11 heteroatoms. The molecule has 0 bridgehead atoms. The van der Waals surface area contributed by atoms with Gasteiger partial charge in [-0.25, -0.2) is 0 Å². The molecule has 0 aromatic carbocycles. The number of aliphatic hydroxyl groups is 7. The normalized spacial score (nSPS) is 20.4. The highest BCUT2D eigenvalue weighted by Crippen LogP contribution is 2.23. The number of amides is 1. The quantitative estimate of drug-likeness (QED) is 0.0165. The summed E-state index contributed by atoms with van der Waals surface area (Å²) >= 11 is 0. The van der Waals surface area contributed by atoms with E-state index in [2.05, 4.69) is 55.6 Å². The molecule has 1 heterocycles. The summed E-state index contributed by atoms with van der Waals surface area (Å²) in [6, 6.07) is -1.19. The largest absolute Gasteiger partial charge is 0.394 e. The van der Waals surface area contributed by atoms with Gasteiger partial charge in [0.1, 0.15) is 36.6 Å². The molecule has 1 aliphatic rings. The van der Waals surface area contributed by atoms with E-state index in [0.717, 1.165) is 57.8 Å². The van der Waals surface area contributed by atoms with Gasteiger partial charge in [0.25, 0.3) is 0 Å². The predicted molar refractivity (Wildman–Crippen MR) is 293 cm³/mol. The second kappa shape index (κ2) is 49.2. The van der Waals surface area contributed by atoms with Crippen LogP contribution in [0.2, 0.25) is 0 Å². The van der Waals surface area contributed by atoms with Crippen LogP contribution in [-0.2, 0) is 14.3 Å². The van der Waals surface area contributed by atoms with Gasteiger partial charge in [0, 0.05) is 0 Å². The fourth-order valence-electron chi connectivity index (χ4n) is 9.55. The number of carbonyl (C=O) groups excluding carboxylic acids is 1. The van der Waals surface area contributed by atoms with Gasteiger partial charge >= 0.3 is 0 Å². The van der Waals surface area contributed by atoms with Crippen LogP contribution in [0.5, 0.6) is 0 Å². The Morgan fingerprint density at radius 2 is 0.873 bits per heavy atom. The van der Waals surface area contributed by atoms with Gasteiger partial charge in [-0.15, -0.1) is 0 Å². The van der Waals surface area contributed by atoms with E-state index < -0.39 is 74.2 Å². The molecule has 0 aromatic rings. The summed E-state index contributed by atoms with van der Waals surface area (Å²) in [4.78, 5) is 13.1. The molecule has 1 fully saturated rings. The molecule has 1 rings (SSSR count). The van der Waals surface area contributed by atoms with Crippen molar-refractivity contribution < 1.29 is 50.0 Å². The van der Waals surface area contributed by atoms with Crippen LogP contribution in [0.25, 0.3) is 0 Å². The zero-order chi connectivity index (χ0) is 51.8. The summed E-state index contributed by atoms with van der Waals surface area (Å²) in [5, 5.41) is 76.0. The molecule has 1 aliphatic heterocycles. The van der Waals surface area contributed by atoms with Gasteiger partial charge in [-0.1, -0.05) is 243 Å². The van der Waals surface area contributed by atoms with Gasteiger partial charge in [-0.3, -0.25) is 4.79 Å². The summed E-state index contributed by atoms with van der Waals surface area (Å²) in [5.74, 6) is -0.717. The van der Waals surface area contributed by atoms with Crippen LogP contribution >= 0.6 is 0 Å². The molecule has 0 radical (unpaired) electrons. The maximum atomic E-state index is 13.1. The molecule has 11 nitrogen and oxygen atoms in total. The zero-order valence-electron chi connectivity index (χ0n) is 45.7. The first-order chi connectivity index (χ1) is 34.7. The van der Waals surface area contributed by atoms with Crippen molar-refractivity contribution in [3.05, 3.63) is 36.5 Å². The predicted octanol–water partition coefficient (Wildman–Crippen LogP) is 12.7. The summed E-state index contributed by atoms with van der Waals surface area (Å²) in [5.41, 5.74) is 0. The number of ether oxygens (including phenoxy) is 2. The molecule has 71 heavy (non-hydrogen) atoms. The lowest BCUT2D eigenvalue weighted by Gasteiger charge is -2.40. The maximum Gasteiger partial charge on any atom is 0.249 e. The van der Waals surface area contributed by atoms with Gasteiger partial charge in [0.2, 0.25) is 5.91 Å². The van der Waals surface area contributed by atoms with E-state index in [1.807, 2.05) is 0 Å². The van der Waals surface area contributed by atoms with Gasteiger partial charge in [-0.2, -0.15) is 0 Å². The Morgan fingerprint density at radius 1 is 0.493 bits per heavy atom. The van der Waals surface area contributed by atoms with Gasteiger partial charge in [0.05, 0.1) is 25.4 Å². The Morgan fingerprint density at radius 3 is 1.32 bits per heavy atom. The number of carbonyl (C=O) groups is 1. The van der Waals surface area contributed by atoms with E-state index in [-0.39, 0.29) is 12.8 Å². The van der Waals surface area contributed by atoms with Crippen molar-refractivity contribution in [2.45, 2.75) is 326 Å². The Labute approximate surface area is 435 Å². The minimum atomic E-state index is -1.67. The number of unbranched alkanes of at least 4 members (excludes halogenated alkanes) is 34. The molecule has 9 unspecified atom stereocenters. The van der Waals surface area contributed by atoms with E-state index in [1.54, 1.807) is 0 Å². The first-order valence-electron chi connectivity index (χ1n) is 29.9. The highest BCUT2D eigenvalue weighted by atomic mass is 16.7. The lowest BCUT2D eigenvalue weighted by molar-refractivity contribution is -0.303. The lowest BCUT2D eigenvalue weighted by Crippen LogP contribution is -2.60.